The fourth-order valence-electron chi connectivity index (χ4n) is 2.22. The molecule has 0 spiro atoms. The minimum atomic E-state index is 0.00639. The molecule has 0 aliphatic rings. The number of aryl methyl sites for hydroxylation is 1. The van der Waals surface area contributed by atoms with Crippen LogP contribution < -0.4 is 10.1 Å². The van der Waals surface area contributed by atoms with Crippen LogP contribution in [0.3, 0.4) is 0 Å². The number of ketones is 1. The normalized spacial score (nSPS) is 10.2. The summed E-state index contributed by atoms with van der Waals surface area (Å²) in [5, 5.41) is 3.34. The van der Waals surface area contributed by atoms with Crippen molar-refractivity contribution in [3.8, 4) is 5.75 Å². The van der Waals surface area contributed by atoms with Gasteiger partial charge in [0.2, 0.25) is 0 Å². The zero-order valence-corrected chi connectivity index (χ0v) is 12.3. The van der Waals surface area contributed by atoms with Gasteiger partial charge in [0.1, 0.15) is 5.75 Å². The number of Topliss-reactive ketones (excluding diaryl/α,β-unsaturated/α-hetero) is 1. The third-order valence-electron chi connectivity index (χ3n) is 3.33. The van der Waals surface area contributed by atoms with Gasteiger partial charge in [0.05, 0.1) is 12.7 Å². The molecule has 0 atom stereocenters. The zero-order chi connectivity index (χ0) is 14.7. The fourth-order valence-corrected chi connectivity index (χ4v) is 2.22. The van der Waals surface area contributed by atoms with Crippen molar-refractivity contribution in [3.05, 3.63) is 53.1 Å². The molecule has 0 aliphatic heterocycles. The Hall–Kier alpha value is -2.29. The lowest BCUT2D eigenvalue weighted by Gasteiger charge is -2.15. The summed E-state index contributed by atoms with van der Waals surface area (Å²) >= 11 is 0. The first-order valence-electron chi connectivity index (χ1n) is 6.55. The molecule has 0 amide bonds. The van der Waals surface area contributed by atoms with Crippen molar-refractivity contribution in [1.82, 2.24) is 0 Å². The van der Waals surface area contributed by atoms with Gasteiger partial charge in [-0.25, -0.2) is 0 Å². The average molecular weight is 269 g/mol. The number of carbonyl (C=O) groups is 1. The number of anilines is 2. The molecule has 3 nitrogen and oxygen atoms in total. The smallest absolute Gasteiger partial charge is 0.163 e. The van der Waals surface area contributed by atoms with Gasteiger partial charge in [0, 0.05) is 11.4 Å². The number of rotatable bonds is 4. The predicted octanol–water partition coefficient (Wildman–Crippen LogP) is 4.26. The van der Waals surface area contributed by atoms with E-state index in [2.05, 4.69) is 12.2 Å². The van der Waals surface area contributed by atoms with Gasteiger partial charge in [-0.15, -0.1) is 0 Å². The van der Waals surface area contributed by atoms with E-state index in [1.165, 1.54) is 5.56 Å². The van der Waals surface area contributed by atoms with Crippen molar-refractivity contribution in [2.45, 2.75) is 20.8 Å². The SMILES string of the molecule is COc1ccc(Nc2ccc(C)cc2)c(C)c1C(C)=O. The second-order valence-electron chi connectivity index (χ2n) is 4.86. The van der Waals surface area contributed by atoms with Crippen molar-refractivity contribution in [2.75, 3.05) is 12.4 Å². The van der Waals surface area contributed by atoms with Crippen LogP contribution in [-0.4, -0.2) is 12.9 Å². The molecular formula is C17H19NO2. The van der Waals surface area contributed by atoms with E-state index in [4.69, 9.17) is 4.74 Å². The van der Waals surface area contributed by atoms with Crippen molar-refractivity contribution < 1.29 is 9.53 Å². The monoisotopic (exact) mass is 269 g/mol. The van der Waals surface area contributed by atoms with E-state index in [1.54, 1.807) is 14.0 Å². The summed E-state index contributed by atoms with van der Waals surface area (Å²) in [5.41, 5.74) is 4.66. The van der Waals surface area contributed by atoms with Crippen LogP contribution in [0.4, 0.5) is 11.4 Å². The molecule has 2 rings (SSSR count). The fraction of sp³-hybridized carbons (Fsp3) is 0.235. The van der Waals surface area contributed by atoms with Gasteiger partial charge in [-0.05, 0) is 50.6 Å². The van der Waals surface area contributed by atoms with Crippen LogP contribution in [0.25, 0.3) is 0 Å². The van der Waals surface area contributed by atoms with E-state index in [-0.39, 0.29) is 5.78 Å². The Kier molecular flexibility index (Phi) is 4.08. The molecule has 2 aromatic rings. The second kappa shape index (κ2) is 5.78. The van der Waals surface area contributed by atoms with E-state index in [0.29, 0.717) is 11.3 Å². The Morgan fingerprint density at radius 3 is 2.25 bits per heavy atom. The number of benzene rings is 2. The first-order chi connectivity index (χ1) is 9.52. The van der Waals surface area contributed by atoms with Crippen LogP contribution >= 0.6 is 0 Å². The number of methoxy groups -OCH3 is 1. The highest BCUT2D eigenvalue weighted by Gasteiger charge is 2.14. The molecule has 0 fully saturated rings. The predicted molar refractivity (Wildman–Crippen MR) is 82.2 cm³/mol. The summed E-state index contributed by atoms with van der Waals surface area (Å²) in [6, 6.07) is 11.9. The number of ether oxygens (including phenoxy) is 1. The van der Waals surface area contributed by atoms with Crippen molar-refractivity contribution in [1.29, 1.82) is 0 Å². The standard InChI is InChI=1S/C17H19NO2/c1-11-5-7-14(8-6-11)18-15-9-10-16(20-4)17(12(15)2)13(3)19/h5-10,18H,1-4H3. The zero-order valence-electron chi connectivity index (χ0n) is 12.3. The van der Waals surface area contributed by atoms with Gasteiger partial charge in [-0.1, -0.05) is 17.7 Å². The quantitative estimate of drug-likeness (QED) is 0.843. The molecule has 0 saturated heterocycles. The van der Waals surface area contributed by atoms with Crippen molar-refractivity contribution in [2.24, 2.45) is 0 Å². The summed E-state index contributed by atoms with van der Waals surface area (Å²) in [6.07, 6.45) is 0. The Bertz CT molecular complexity index is 630. The third-order valence-corrected chi connectivity index (χ3v) is 3.33. The van der Waals surface area contributed by atoms with Gasteiger partial charge in [-0.2, -0.15) is 0 Å². The van der Waals surface area contributed by atoms with Gasteiger partial charge < -0.3 is 10.1 Å². The Balaban J connectivity index is 2.40. The summed E-state index contributed by atoms with van der Waals surface area (Å²) in [5.74, 6) is 0.622. The highest BCUT2D eigenvalue weighted by atomic mass is 16.5. The molecule has 2 aromatic carbocycles. The molecule has 0 radical (unpaired) electrons. The second-order valence-corrected chi connectivity index (χ2v) is 4.86. The van der Waals surface area contributed by atoms with Crippen LogP contribution in [0, 0.1) is 13.8 Å². The molecule has 20 heavy (non-hydrogen) atoms. The maximum absolute atomic E-state index is 11.8. The van der Waals surface area contributed by atoms with E-state index in [9.17, 15) is 4.79 Å². The van der Waals surface area contributed by atoms with Crippen molar-refractivity contribution >= 4 is 17.2 Å². The summed E-state index contributed by atoms with van der Waals surface area (Å²) in [4.78, 5) is 11.8. The molecule has 0 aromatic heterocycles. The largest absolute Gasteiger partial charge is 0.496 e. The first-order valence-corrected chi connectivity index (χ1v) is 6.55. The average Bonchev–Trinajstić information content (AvgIpc) is 2.42. The van der Waals surface area contributed by atoms with E-state index in [1.807, 2.05) is 43.3 Å². The van der Waals surface area contributed by atoms with Gasteiger partial charge >= 0.3 is 0 Å². The van der Waals surface area contributed by atoms with E-state index >= 15 is 0 Å². The number of carbonyl (C=O) groups excluding carboxylic acids is 1. The van der Waals surface area contributed by atoms with E-state index in [0.717, 1.165) is 16.9 Å². The van der Waals surface area contributed by atoms with Crippen LogP contribution in [-0.2, 0) is 0 Å². The van der Waals surface area contributed by atoms with Crippen molar-refractivity contribution in [3.63, 3.8) is 0 Å². The maximum Gasteiger partial charge on any atom is 0.163 e. The molecule has 1 N–H and O–H groups in total. The highest BCUT2D eigenvalue weighted by molar-refractivity contribution is 6.00. The number of hydrogen-bond donors (Lipinski definition) is 1. The minimum Gasteiger partial charge on any atom is -0.496 e. The maximum atomic E-state index is 11.8. The topological polar surface area (TPSA) is 38.3 Å². The lowest BCUT2D eigenvalue weighted by atomic mass is 10.0. The molecule has 104 valence electrons. The molecule has 0 bridgehead atoms. The summed E-state index contributed by atoms with van der Waals surface area (Å²) in [6.45, 7) is 5.53. The summed E-state index contributed by atoms with van der Waals surface area (Å²) in [7, 11) is 1.58. The molecule has 0 unspecified atom stereocenters. The number of hydrogen-bond acceptors (Lipinski definition) is 3. The first kappa shape index (κ1) is 14.1. The lowest BCUT2D eigenvalue weighted by Crippen LogP contribution is -2.04. The van der Waals surface area contributed by atoms with Gasteiger partial charge in [-0.3, -0.25) is 4.79 Å². The Morgan fingerprint density at radius 2 is 1.70 bits per heavy atom. The van der Waals surface area contributed by atoms with Crippen LogP contribution in [0.5, 0.6) is 5.75 Å². The van der Waals surface area contributed by atoms with Crippen LogP contribution in [0.15, 0.2) is 36.4 Å². The third kappa shape index (κ3) is 2.82. The summed E-state index contributed by atoms with van der Waals surface area (Å²) < 4.78 is 5.26. The molecular weight excluding hydrogens is 250 g/mol. The van der Waals surface area contributed by atoms with Gasteiger partial charge in [0.25, 0.3) is 0 Å². The number of nitrogens with one attached hydrogen (secondary N) is 1. The molecule has 3 heteroatoms. The van der Waals surface area contributed by atoms with Crippen LogP contribution in [0.1, 0.15) is 28.4 Å². The van der Waals surface area contributed by atoms with E-state index < -0.39 is 0 Å². The lowest BCUT2D eigenvalue weighted by molar-refractivity contribution is 0.101. The highest BCUT2D eigenvalue weighted by Crippen LogP contribution is 2.30. The Labute approximate surface area is 119 Å². The molecule has 0 saturated carbocycles. The Morgan fingerprint density at radius 1 is 1.05 bits per heavy atom. The minimum absolute atomic E-state index is 0.00639. The van der Waals surface area contributed by atoms with Crippen LogP contribution in [0.2, 0.25) is 0 Å². The van der Waals surface area contributed by atoms with Gasteiger partial charge in [0.15, 0.2) is 5.78 Å². The molecule has 0 heterocycles. The molecule has 0 aliphatic carbocycles.